The van der Waals surface area contributed by atoms with E-state index in [0.717, 1.165) is 36.2 Å². The molecule has 2 rings (SSSR count). The van der Waals surface area contributed by atoms with Crippen LogP contribution in [0.5, 0.6) is 0 Å². The van der Waals surface area contributed by atoms with Crippen LogP contribution in [-0.2, 0) is 12.1 Å². The lowest BCUT2D eigenvalue weighted by Crippen LogP contribution is -2.33. The number of hydrogen-bond donors (Lipinski definition) is 1. The summed E-state index contributed by atoms with van der Waals surface area (Å²) in [5, 5.41) is 15.2. The van der Waals surface area contributed by atoms with E-state index in [1.165, 1.54) is 0 Å². The Hall–Kier alpha value is -0.430. The summed E-state index contributed by atoms with van der Waals surface area (Å²) in [6.07, 6.45) is 2.54. The van der Waals surface area contributed by atoms with Crippen LogP contribution >= 0.6 is 15.9 Å². The average molecular weight is 317 g/mol. The number of rotatable bonds is 4. The van der Waals surface area contributed by atoms with Crippen LogP contribution in [0, 0.1) is 0 Å². The number of likely N-dealkylation sites (tertiary alicyclic amines) is 1. The number of halogens is 1. The van der Waals surface area contributed by atoms with Crippen LogP contribution in [0.2, 0.25) is 0 Å². The van der Waals surface area contributed by atoms with Crippen molar-refractivity contribution in [1.82, 2.24) is 19.6 Å². The van der Waals surface area contributed by atoms with Crippen molar-refractivity contribution in [2.24, 2.45) is 0 Å². The highest BCUT2D eigenvalue weighted by Crippen LogP contribution is 2.35. The number of aliphatic hydroxyl groups is 1. The Balaban J connectivity index is 2.23. The third kappa shape index (κ3) is 2.77. The summed E-state index contributed by atoms with van der Waals surface area (Å²) in [5.74, 6) is 0. The normalized spacial score (nSPS) is 25.2. The molecule has 0 radical (unpaired) electrons. The van der Waals surface area contributed by atoms with Crippen molar-refractivity contribution >= 4 is 15.9 Å². The molecule has 0 saturated carbocycles. The topological polar surface area (TPSA) is 44.5 Å². The van der Waals surface area contributed by atoms with Crippen molar-refractivity contribution in [2.75, 3.05) is 40.8 Å². The summed E-state index contributed by atoms with van der Waals surface area (Å²) in [4.78, 5) is 4.26. The molecular weight excluding hydrogens is 296 g/mol. The second kappa shape index (κ2) is 5.28. The van der Waals surface area contributed by atoms with Gasteiger partial charge < -0.3 is 14.9 Å². The van der Waals surface area contributed by atoms with Gasteiger partial charge in [0.05, 0.1) is 22.9 Å². The smallest absolute Gasteiger partial charge is 0.121 e. The first kappa shape index (κ1) is 14.0. The van der Waals surface area contributed by atoms with Crippen molar-refractivity contribution in [3.05, 3.63) is 16.4 Å². The third-order valence-electron chi connectivity index (χ3n) is 3.43. The Morgan fingerprint density at radius 1 is 1.56 bits per heavy atom. The molecule has 0 aromatic carbocycles. The van der Waals surface area contributed by atoms with Gasteiger partial charge >= 0.3 is 0 Å². The predicted molar refractivity (Wildman–Crippen MR) is 74.5 cm³/mol. The molecule has 102 valence electrons. The first-order valence-corrected chi connectivity index (χ1v) is 6.99. The quantitative estimate of drug-likeness (QED) is 0.889. The molecule has 0 amide bonds. The summed E-state index contributed by atoms with van der Waals surface area (Å²) in [5.41, 5.74) is 0.129. The molecule has 6 heteroatoms. The monoisotopic (exact) mass is 316 g/mol. The summed E-state index contributed by atoms with van der Waals surface area (Å²) in [7, 11) is 6.11. The molecule has 1 atom stereocenters. The minimum atomic E-state index is -0.781. The minimum Gasteiger partial charge on any atom is -0.382 e. The minimum absolute atomic E-state index is 0.666. The van der Waals surface area contributed by atoms with Gasteiger partial charge in [0.15, 0.2) is 0 Å². The van der Waals surface area contributed by atoms with Gasteiger partial charge in [0, 0.05) is 19.6 Å². The second-order valence-corrected chi connectivity index (χ2v) is 6.24. The van der Waals surface area contributed by atoms with Crippen LogP contribution in [-0.4, -0.2) is 65.5 Å². The van der Waals surface area contributed by atoms with E-state index in [1.54, 1.807) is 6.20 Å². The lowest BCUT2D eigenvalue weighted by Gasteiger charge is -2.25. The summed E-state index contributed by atoms with van der Waals surface area (Å²) in [6, 6.07) is 0. The molecule has 0 aliphatic carbocycles. The maximum Gasteiger partial charge on any atom is 0.121 e. The lowest BCUT2D eigenvalue weighted by molar-refractivity contribution is 0.0384. The molecule has 1 saturated heterocycles. The average Bonchev–Trinajstić information content (AvgIpc) is 2.80. The van der Waals surface area contributed by atoms with Gasteiger partial charge in [-0.2, -0.15) is 5.10 Å². The number of likely N-dealkylation sites (N-methyl/N-ethyl adjacent to an activating group) is 2. The third-order valence-corrected chi connectivity index (χ3v) is 4.01. The molecule has 1 unspecified atom stereocenters. The molecule has 1 N–H and O–H groups in total. The van der Waals surface area contributed by atoms with Crippen LogP contribution < -0.4 is 0 Å². The van der Waals surface area contributed by atoms with Gasteiger partial charge in [-0.15, -0.1) is 0 Å². The van der Waals surface area contributed by atoms with Crippen molar-refractivity contribution in [3.8, 4) is 0 Å². The van der Waals surface area contributed by atoms with E-state index in [-0.39, 0.29) is 0 Å². The molecule has 2 heterocycles. The summed E-state index contributed by atoms with van der Waals surface area (Å²) < 4.78 is 2.82. The molecule has 1 aliphatic heterocycles. The maximum absolute atomic E-state index is 10.8. The fourth-order valence-electron chi connectivity index (χ4n) is 2.46. The molecule has 1 aliphatic rings. The summed E-state index contributed by atoms with van der Waals surface area (Å²) in [6.45, 7) is 3.29. The van der Waals surface area contributed by atoms with E-state index in [0.29, 0.717) is 6.54 Å². The Bertz CT molecular complexity index is 420. The van der Waals surface area contributed by atoms with Crippen LogP contribution in [0.1, 0.15) is 12.1 Å². The first-order chi connectivity index (χ1) is 8.42. The van der Waals surface area contributed by atoms with Crippen LogP contribution in [0.25, 0.3) is 0 Å². The Morgan fingerprint density at radius 2 is 2.28 bits per heavy atom. The van der Waals surface area contributed by atoms with E-state index in [1.807, 2.05) is 25.8 Å². The van der Waals surface area contributed by atoms with Crippen molar-refractivity contribution < 1.29 is 5.11 Å². The summed E-state index contributed by atoms with van der Waals surface area (Å²) >= 11 is 3.51. The lowest BCUT2D eigenvalue weighted by atomic mass is 9.99. The van der Waals surface area contributed by atoms with Crippen LogP contribution in [0.15, 0.2) is 10.7 Å². The fourth-order valence-corrected chi connectivity index (χ4v) is 3.13. The molecule has 0 bridgehead atoms. The zero-order valence-corrected chi connectivity index (χ0v) is 12.8. The Morgan fingerprint density at radius 3 is 2.83 bits per heavy atom. The van der Waals surface area contributed by atoms with E-state index in [9.17, 15) is 5.11 Å². The highest BCUT2D eigenvalue weighted by Gasteiger charge is 2.40. The number of aromatic nitrogens is 2. The highest BCUT2D eigenvalue weighted by atomic mass is 79.9. The van der Waals surface area contributed by atoms with Crippen molar-refractivity contribution in [1.29, 1.82) is 0 Å². The van der Waals surface area contributed by atoms with E-state index < -0.39 is 5.60 Å². The predicted octanol–water partition coefficient (Wildman–Crippen LogP) is 0.730. The number of nitrogens with zero attached hydrogens (tertiary/aromatic N) is 4. The van der Waals surface area contributed by atoms with Gasteiger partial charge in [-0.25, -0.2) is 0 Å². The molecule has 18 heavy (non-hydrogen) atoms. The van der Waals surface area contributed by atoms with Gasteiger partial charge in [0.25, 0.3) is 0 Å². The van der Waals surface area contributed by atoms with Gasteiger partial charge in [0.1, 0.15) is 5.60 Å². The van der Waals surface area contributed by atoms with Gasteiger partial charge in [-0.3, -0.25) is 4.68 Å². The van der Waals surface area contributed by atoms with Crippen LogP contribution in [0.4, 0.5) is 0 Å². The van der Waals surface area contributed by atoms with Crippen molar-refractivity contribution in [2.45, 2.75) is 18.6 Å². The second-order valence-electron chi connectivity index (χ2n) is 5.39. The number of β-amino-alcohol motifs (C(OH)–C–C–N with tert-alkyl or cyclic N) is 1. The van der Waals surface area contributed by atoms with Crippen LogP contribution in [0.3, 0.4) is 0 Å². The first-order valence-electron chi connectivity index (χ1n) is 6.20. The molecule has 5 nitrogen and oxygen atoms in total. The zero-order valence-electron chi connectivity index (χ0n) is 11.2. The van der Waals surface area contributed by atoms with Gasteiger partial charge in [0.2, 0.25) is 0 Å². The fraction of sp³-hybridized carbons (Fsp3) is 0.750. The Kier molecular flexibility index (Phi) is 4.11. The van der Waals surface area contributed by atoms with Crippen molar-refractivity contribution in [3.63, 3.8) is 0 Å². The van der Waals surface area contributed by atoms with Gasteiger partial charge in [-0.05, 0) is 43.5 Å². The standard InChI is InChI=1S/C12H21BrN4O/c1-15(2)6-7-17-11(10(13)8-14-17)12(18)4-5-16(3)9-12/h8,18H,4-7,9H2,1-3H3. The van der Waals surface area contributed by atoms with Gasteiger partial charge in [-0.1, -0.05) is 0 Å². The molecule has 1 aromatic heterocycles. The van der Waals surface area contributed by atoms with E-state index in [2.05, 4.69) is 30.8 Å². The molecular formula is C12H21BrN4O. The molecule has 1 fully saturated rings. The SMILES string of the molecule is CN(C)CCn1ncc(Br)c1C1(O)CCN(C)C1. The molecule has 1 aromatic rings. The largest absolute Gasteiger partial charge is 0.382 e. The Labute approximate surface area is 116 Å². The van der Waals surface area contributed by atoms with E-state index >= 15 is 0 Å². The highest BCUT2D eigenvalue weighted by molar-refractivity contribution is 9.10. The molecule has 0 spiro atoms. The number of hydrogen-bond acceptors (Lipinski definition) is 4. The zero-order chi connectivity index (χ0) is 13.3. The van der Waals surface area contributed by atoms with E-state index in [4.69, 9.17) is 0 Å². The maximum atomic E-state index is 10.8.